The van der Waals surface area contributed by atoms with Gasteiger partial charge in [0.2, 0.25) is 5.88 Å². The minimum absolute atomic E-state index is 0.112. The average molecular weight is 309 g/mol. The Kier molecular flexibility index (Phi) is 4.85. The van der Waals surface area contributed by atoms with Gasteiger partial charge in [-0.15, -0.1) is 0 Å². The number of benzene rings is 1. The van der Waals surface area contributed by atoms with Crippen LogP contribution in [0.2, 0.25) is 5.02 Å². The van der Waals surface area contributed by atoms with Gasteiger partial charge in [-0.25, -0.2) is 0 Å². The number of aromatic nitrogens is 1. The zero-order valence-electron chi connectivity index (χ0n) is 12.1. The van der Waals surface area contributed by atoms with Gasteiger partial charge in [0, 0.05) is 11.1 Å². The number of halogens is 1. The first kappa shape index (κ1) is 15.4. The van der Waals surface area contributed by atoms with E-state index in [1.165, 1.54) is 0 Å². The fourth-order valence-electron chi connectivity index (χ4n) is 1.65. The molecule has 5 nitrogen and oxygen atoms in total. The van der Waals surface area contributed by atoms with E-state index in [0.717, 1.165) is 11.3 Å². The molecular formula is C15H17ClN2O3. The van der Waals surface area contributed by atoms with Crippen molar-refractivity contribution in [1.29, 1.82) is 0 Å². The van der Waals surface area contributed by atoms with Crippen LogP contribution in [0, 0.1) is 6.92 Å². The van der Waals surface area contributed by atoms with Gasteiger partial charge in [0.25, 0.3) is 5.91 Å². The second-order valence-corrected chi connectivity index (χ2v) is 5.43. The molecule has 1 amide bonds. The maximum atomic E-state index is 11.8. The number of hydrogen-bond acceptors (Lipinski definition) is 4. The number of ether oxygens (including phenoxy) is 1. The molecule has 1 heterocycles. The van der Waals surface area contributed by atoms with Crippen molar-refractivity contribution in [3.63, 3.8) is 0 Å². The Bertz CT molecular complexity index is 638. The maximum absolute atomic E-state index is 11.8. The Balaban J connectivity index is 1.88. The summed E-state index contributed by atoms with van der Waals surface area (Å²) < 4.78 is 10.4. The van der Waals surface area contributed by atoms with Crippen LogP contribution in [-0.2, 0) is 4.79 Å². The zero-order chi connectivity index (χ0) is 15.4. The van der Waals surface area contributed by atoms with Gasteiger partial charge in [-0.2, -0.15) is 0 Å². The van der Waals surface area contributed by atoms with E-state index in [1.54, 1.807) is 24.3 Å². The molecule has 6 heteroatoms. The van der Waals surface area contributed by atoms with Crippen LogP contribution in [0.25, 0.3) is 0 Å². The molecule has 0 radical (unpaired) electrons. The van der Waals surface area contributed by atoms with E-state index < -0.39 is 0 Å². The lowest BCUT2D eigenvalue weighted by Gasteiger charge is -2.07. The Labute approximate surface area is 128 Å². The van der Waals surface area contributed by atoms with Gasteiger partial charge in [-0.05, 0) is 36.6 Å². The van der Waals surface area contributed by atoms with Crippen LogP contribution in [0.1, 0.15) is 31.0 Å². The summed E-state index contributed by atoms with van der Waals surface area (Å²) in [7, 11) is 0. The van der Waals surface area contributed by atoms with Crippen molar-refractivity contribution in [2.75, 3.05) is 11.9 Å². The molecular weight excluding hydrogens is 292 g/mol. The van der Waals surface area contributed by atoms with Gasteiger partial charge in [0.05, 0.1) is 5.69 Å². The third kappa shape index (κ3) is 4.23. The van der Waals surface area contributed by atoms with Gasteiger partial charge in [0.1, 0.15) is 5.75 Å². The van der Waals surface area contributed by atoms with Gasteiger partial charge >= 0.3 is 0 Å². The van der Waals surface area contributed by atoms with Crippen LogP contribution in [0.4, 0.5) is 5.88 Å². The molecule has 0 unspecified atom stereocenters. The highest BCUT2D eigenvalue weighted by Crippen LogP contribution is 2.21. The molecule has 0 aliphatic carbocycles. The standard InChI is InChI=1S/C15H17ClN2O3/c1-9(2)13-7-15(21-18-13)17-14(19)8-20-11-4-5-12(16)10(3)6-11/h4-7,9H,8H2,1-3H3,(H,17,19). The highest BCUT2D eigenvalue weighted by molar-refractivity contribution is 6.31. The van der Waals surface area contributed by atoms with Crippen molar-refractivity contribution in [1.82, 2.24) is 5.16 Å². The molecule has 0 fully saturated rings. The lowest BCUT2D eigenvalue weighted by molar-refractivity contribution is -0.118. The maximum Gasteiger partial charge on any atom is 0.264 e. The third-order valence-electron chi connectivity index (χ3n) is 2.88. The van der Waals surface area contributed by atoms with Crippen molar-refractivity contribution in [3.8, 4) is 5.75 Å². The zero-order valence-corrected chi connectivity index (χ0v) is 12.9. The summed E-state index contributed by atoms with van der Waals surface area (Å²) >= 11 is 5.92. The molecule has 21 heavy (non-hydrogen) atoms. The van der Waals surface area contributed by atoms with Crippen molar-refractivity contribution in [2.45, 2.75) is 26.7 Å². The second kappa shape index (κ2) is 6.63. The fourth-order valence-corrected chi connectivity index (χ4v) is 1.77. The number of aryl methyl sites for hydroxylation is 1. The Morgan fingerprint density at radius 3 is 2.81 bits per heavy atom. The number of anilines is 1. The molecule has 1 aromatic heterocycles. The van der Waals surface area contributed by atoms with Crippen LogP contribution in [0.3, 0.4) is 0 Å². The quantitative estimate of drug-likeness (QED) is 0.913. The molecule has 2 rings (SSSR count). The van der Waals surface area contributed by atoms with Gasteiger partial charge < -0.3 is 9.26 Å². The molecule has 0 atom stereocenters. The first-order valence-corrected chi connectivity index (χ1v) is 6.99. The molecule has 1 aromatic carbocycles. The summed E-state index contributed by atoms with van der Waals surface area (Å²) in [6.45, 7) is 5.75. The van der Waals surface area contributed by atoms with Crippen molar-refractivity contribution >= 4 is 23.4 Å². The molecule has 112 valence electrons. The molecule has 1 N–H and O–H groups in total. The van der Waals surface area contributed by atoms with Crippen LogP contribution in [0.5, 0.6) is 5.75 Å². The van der Waals surface area contributed by atoms with Gasteiger partial charge in [0.15, 0.2) is 6.61 Å². The van der Waals surface area contributed by atoms with E-state index >= 15 is 0 Å². The normalized spacial score (nSPS) is 10.7. The summed E-state index contributed by atoms with van der Waals surface area (Å²) in [4.78, 5) is 11.8. The molecule has 0 spiro atoms. The minimum atomic E-state index is -0.311. The molecule has 0 aliphatic heterocycles. The third-order valence-corrected chi connectivity index (χ3v) is 3.31. The van der Waals surface area contributed by atoms with Gasteiger partial charge in [-0.3, -0.25) is 10.1 Å². The first-order valence-electron chi connectivity index (χ1n) is 6.61. The molecule has 0 aliphatic rings. The Morgan fingerprint density at radius 1 is 1.43 bits per heavy atom. The molecule has 0 saturated heterocycles. The predicted molar refractivity (Wildman–Crippen MR) is 80.9 cm³/mol. The molecule has 0 bridgehead atoms. The Hall–Kier alpha value is -2.01. The lowest BCUT2D eigenvalue weighted by atomic mass is 10.1. The number of carbonyl (C=O) groups excluding carboxylic acids is 1. The SMILES string of the molecule is Cc1cc(OCC(=O)Nc2cc(C(C)C)no2)ccc1Cl. The van der Waals surface area contributed by atoms with Gasteiger partial charge in [-0.1, -0.05) is 30.6 Å². The topological polar surface area (TPSA) is 64.4 Å². The largest absolute Gasteiger partial charge is 0.484 e. The van der Waals surface area contributed by atoms with E-state index in [-0.39, 0.29) is 18.4 Å². The Morgan fingerprint density at radius 2 is 2.19 bits per heavy atom. The number of nitrogens with zero attached hydrogens (tertiary/aromatic N) is 1. The number of nitrogens with one attached hydrogen (secondary N) is 1. The van der Waals surface area contributed by atoms with Crippen LogP contribution in [-0.4, -0.2) is 17.7 Å². The predicted octanol–water partition coefficient (Wildman–Crippen LogP) is 3.78. The summed E-state index contributed by atoms with van der Waals surface area (Å²) in [5.41, 5.74) is 1.69. The summed E-state index contributed by atoms with van der Waals surface area (Å²) in [5, 5.41) is 7.12. The second-order valence-electron chi connectivity index (χ2n) is 5.02. The number of carbonyl (C=O) groups is 1. The van der Waals surface area contributed by atoms with E-state index in [4.69, 9.17) is 20.9 Å². The molecule has 0 saturated carbocycles. The van der Waals surface area contributed by atoms with E-state index in [0.29, 0.717) is 16.7 Å². The lowest BCUT2D eigenvalue weighted by Crippen LogP contribution is -2.19. The monoisotopic (exact) mass is 308 g/mol. The van der Waals surface area contributed by atoms with E-state index in [1.807, 2.05) is 20.8 Å². The summed E-state index contributed by atoms with van der Waals surface area (Å²) in [6, 6.07) is 6.93. The summed E-state index contributed by atoms with van der Waals surface area (Å²) in [6.07, 6.45) is 0. The van der Waals surface area contributed by atoms with Crippen LogP contribution >= 0.6 is 11.6 Å². The first-order chi connectivity index (χ1) is 9.95. The summed E-state index contributed by atoms with van der Waals surface area (Å²) in [5.74, 6) is 0.842. The smallest absolute Gasteiger partial charge is 0.264 e. The minimum Gasteiger partial charge on any atom is -0.484 e. The van der Waals surface area contributed by atoms with Crippen LogP contribution in [0.15, 0.2) is 28.8 Å². The highest BCUT2D eigenvalue weighted by Gasteiger charge is 2.11. The number of hydrogen-bond donors (Lipinski definition) is 1. The van der Waals surface area contributed by atoms with Crippen molar-refractivity contribution in [3.05, 3.63) is 40.5 Å². The van der Waals surface area contributed by atoms with E-state index in [2.05, 4.69) is 10.5 Å². The number of amides is 1. The molecule has 2 aromatic rings. The van der Waals surface area contributed by atoms with Crippen LogP contribution < -0.4 is 10.1 Å². The fraction of sp³-hybridized carbons (Fsp3) is 0.333. The van der Waals surface area contributed by atoms with Crippen molar-refractivity contribution in [2.24, 2.45) is 0 Å². The highest BCUT2D eigenvalue weighted by atomic mass is 35.5. The average Bonchev–Trinajstić information content (AvgIpc) is 2.89. The number of rotatable bonds is 5. The van der Waals surface area contributed by atoms with E-state index in [9.17, 15) is 4.79 Å². The van der Waals surface area contributed by atoms with Crippen molar-refractivity contribution < 1.29 is 14.1 Å².